The van der Waals surface area contributed by atoms with Crippen LogP contribution in [0.4, 0.5) is 0 Å². The summed E-state index contributed by atoms with van der Waals surface area (Å²) < 4.78 is 0. The van der Waals surface area contributed by atoms with Gasteiger partial charge in [0.15, 0.2) is 0 Å². The number of amides is 1. The molecule has 0 radical (unpaired) electrons. The molecule has 5 heteroatoms. The van der Waals surface area contributed by atoms with E-state index in [9.17, 15) is 9.59 Å². The molecule has 0 saturated carbocycles. The number of nitrogens with zero attached hydrogens (tertiary/aromatic N) is 1. The zero-order chi connectivity index (χ0) is 15.4. The summed E-state index contributed by atoms with van der Waals surface area (Å²) in [6, 6.07) is 0. The molecule has 116 valence electrons. The maximum atomic E-state index is 13.0. The lowest BCUT2D eigenvalue weighted by atomic mass is 9.74. The fourth-order valence-electron chi connectivity index (χ4n) is 2.86. The summed E-state index contributed by atoms with van der Waals surface area (Å²) in [5.74, 6) is -0.738. The van der Waals surface area contributed by atoms with E-state index in [1.165, 1.54) is 0 Å². The highest BCUT2D eigenvalue weighted by molar-refractivity contribution is 5.84. The zero-order valence-electron chi connectivity index (χ0n) is 13.2. The Kier molecular flexibility index (Phi) is 5.57. The van der Waals surface area contributed by atoms with E-state index in [-0.39, 0.29) is 29.8 Å². The van der Waals surface area contributed by atoms with Gasteiger partial charge in [0.05, 0.1) is 11.8 Å². The minimum atomic E-state index is -0.858. The minimum Gasteiger partial charge on any atom is -0.481 e. The lowest BCUT2D eigenvalue weighted by Crippen LogP contribution is -2.55. The van der Waals surface area contributed by atoms with Crippen molar-refractivity contribution in [2.75, 3.05) is 19.6 Å². The molecule has 5 nitrogen and oxygen atoms in total. The van der Waals surface area contributed by atoms with Crippen molar-refractivity contribution in [1.82, 2.24) is 10.2 Å². The Morgan fingerprint density at radius 3 is 2.20 bits per heavy atom. The summed E-state index contributed by atoms with van der Waals surface area (Å²) in [6.07, 6.45) is 2.48. The fraction of sp³-hybridized carbons (Fsp3) is 0.867. The molecule has 0 aromatic rings. The quantitative estimate of drug-likeness (QED) is 0.808. The number of aliphatic carboxylic acids is 1. The Morgan fingerprint density at radius 1 is 1.25 bits per heavy atom. The van der Waals surface area contributed by atoms with Crippen LogP contribution in [0.5, 0.6) is 0 Å². The standard InChI is InChI=1S/C15H28N2O3/c1-5-15(7-9-16-10-8-15)13(20)17(14(2,3)4)11-6-12(18)19/h16H,5-11H2,1-4H3,(H,18,19). The van der Waals surface area contributed by atoms with Gasteiger partial charge in [-0.1, -0.05) is 6.92 Å². The Morgan fingerprint density at radius 2 is 1.80 bits per heavy atom. The molecule has 1 aliphatic heterocycles. The molecule has 0 unspecified atom stereocenters. The van der Waals surface area contributed by atoms with Crippen molar-refractivity contribution in [3.05, 3.63) is 0 Å². The SMILES string of the molecule is CCC1(C(=O)N(CCC(=O)O)C(C)(C)C)CCNCC1. The summed E-state index contributed by atoms with van der Waals surface area (Å²) in [5, 5.41) is 12.2. The smallest absolute Gasteiger partial charge is 0.305 e. The average Bonchev–Trinajstić information content (AvgIpc) is 2.37. The third-order valence-corrected chi connectivity index (χ3v) is 4.30. The van der Waals surface area contributed by atoms with Gasteiger partial charge in [-0.15, -0.1) is 0 Å². The first-order chi connectivity index (χ1) is 9.23. The fourth-order valence-corrected chi connectivity index (χ4v) is 2.86. The summed E-state index contributed by atoms with van der Waals surface area (Å²) in [4.78, 5) is 25.6. The number of carbonyl (C=O) groups excluding carboxylic acids is 1. The zero-order valence-corrected chi connectivity index (χ0v) is 13.2. The molecular formula is C15H28N2O3. The van der Waals surface area contributed by atoms with E-state index < -0.39 is 5.97 Å². The van der Waals surface area contributed by atoms with Gasteiger partial charge >= 0.3 is 5.97 Å². The van der Waals surface area contributed by atoms with E-state index in [4.69, 9.17) is 5.11 Å². The van der Waals surface area contributed by atoms with E-state index in [0.29, 0.717) is 0 Å². The van der Waals surface area contributed by atoms with Gasteiger partial charge in [-0.2, -0.15) is 0 Å². The van der Waals surface area contributed by atoms with E-state index >= 15 is 0 Å². The molecule has 1 saturated heterocycles. The van der Waals surface area contributed by atoms with Crippen LogP contribution in [-0.4, -0.2) is 47.1 Å². The van der Waals surface area contributed by atoms with Gasteiger partial charge in [0, 0.05) is 12.1 Å². The Bertz CT molecular complexity index is 355. The average molecular weight is 284 g/mol. The van der Waals surface area contributed by atoms with Crippen LogP contribution in [0.15, 0.2) is 0 Å². The molecular weight excluding hydrogens is 256 g/mol. The molecule has 0 atom stereocenters. The van der Waals surface area contributed by atoms with Gasteiger partial charge in [-0.3, -0.25) is 9.59 Å². The second-order valence-electron chi connectivity index (χ2n) is 6.66. The number of carbonyl (C=O) groups is 2. The maximum absolute atomic E-state index is 13.0. The van der Waals surface area contributed by atoms with Crippen molar-refractivity contribution in [2.45, 2.75) is 58.9 Å². The monoisotopic (exact) mass is 284 g/mol. The number of piperidine rings is 1. The second kappa shape index (κ2) is 6.57. The summed E-state index contributed by atoms with van der Waals surface area (Å²) in [5.41, 5.74) is -0.670. The minimum absolute atomic E-state index is 0.00105. The third-order valence-electron chi connectivity index (χ3n) is 4.30. The van der Waals surface area contributed by atoms with E-state index in [0.717, 1.165) is 32.4 Å². The third kappa shape index (κ3) is 3.95. The molecule has 0 aliphatic carbocycles. The highest BCUT2D eigenvalue weighted by Gasteiger charge is 2.43. The number of carboxylic acid groups (broad SMARTS) is 1. The Balaban J connectivity index is 2.93. The van der Waals surface area contributed by atoms with Crippen LogP contribution in [0.25, 0.3) is 0 Å². The molecule has 2 N–H and O–H groups in total. The molecule has 1 aliphatic rings. The molecule has 1 heterocycles. The number of carboxylic acids is 1. The van der Waals surface area contributed by atoms with Crippen molar-refractivity contribution in [1.29, 1.82) is 0 Å². The first kappa shape index (κ1) is 17.0. The van der Waals surface area contributed by atoms with Crippen molar-refractivity contribution in [2.24, 2.45) is 5.41 Å². The van der Waals surface area contributed by atoms with Crippen LogP contribution in [0, 0.1) is 5.41 Å². The largest absolute Gasteiger partial charge is 0.481 e. The normalized spacial score (nSPS) is 18.6. The summed E-state index contributed by atoms with van der Waals surface area (Å²) in [7, 11) is 0. The van der Waals surface area contributed by atoms with Crippen LogP contribution in [-0.2, 0) is 9.59 Å². The van der Waals surface area contributed by atoms with Gasteiger partial charge in [0.25, 0.3) is 0 Å². The highest BCUT2D eigenvalue weighted by Crippen LogP contribution is 2.36. The summed E-state index contributed by atoms with van der Waals surface area (Å²) in [6.45, 7) is 9.96. The second-order valence-corrected chi connectivity index (χ2v) is 6.66. The number of rotatable bonds is 5. The summed E-state index contributed by atoms with van der Waals surface area (Å²) >= 11 is 0. The van der Waals surface area contributed by atoms with Gasteiger partial charge in [-0.25, -0.2) is 0 Å². The topological polar surface area (TPSA) is 69.6 Å². The first-order valence-corrected chi connectivity index (χ1v) is 7.47. The number of hydrogen-bond donors (Lipinski definition) is 2. The van der Waals surface area contributed by atoms with Crippen molar-refractivity contribution < 1.29 is 14.7 Å². The predicted molar refractivity (Wildman–Crippen MR) is 78.5 cm³/mol. The Hall–Kier alpha value is -1.10. The van der Waals surface area contributed by atoms with Crippen molar-refractivity contribution >= 4 is 11.9 Å². The van der Waals surface area contributed by atoms with Gasteiger partial charge in [0.2, 0.25) is 5.91 Å². The van der Waals surface area contributed by atoms with Crippen molar-refractivity contribution in [3.63, 3.8) is 0 Å². The Labute approximate surface area is 121 Å². The van der Waals surface area contributed by atoms with E-state index in [2.05, 4.69) is 12.2 Å². The van der Waals surface area contributed by atoms with Crippen LogP contribution in [0.3, 0.4) is 0 Å². The lowest BCUT2D eigenvalue weighted by molar-refractivity contribution is -0.150. The van der Waals surface area contributed by atoms with Crippen LogP contribution < -0.4 is 5.32 Å². The molecule has 0 aromatic heterocycles. The highest BCUT2D eigenvalue weighted by atomic mass is 16.4. The lowest BCUT2D eigenvalue weighted by Gasteiger charge is -2.44. The number of nitrogens with one attached hydrogen (secondary N) is 1. The predicted octanol–water partition coefficient (Wildman–Crippen LogP) is 1.87. The molecule has 0 bridgehead atoms. The molecule has 0 aromatic carbocycles. The molecule has 20 heavy (non-hydrogen) atoms. The number of hydrogen-bond acceptors (Lipinski definition) is 3. The first-order valence-electron chi connectivity index (χ1n) is 7.47. The molecule has 0 spiro atoms. The van der Waals surface area contributed by atoms with Gasteiger partial charge in [0.1, 0.15) is 0 Å². The maximum Gasteiger partial charge on any atom is 0.305 e. The van der Waals surface area contributed by atoms with Crippen molar-refractivity contribution in [3.8, 4) is 0 Å². The van der Waals surface area contributed by atoms with Crippen LogP contribution >= 0.6 is 0 Å². The molecule has 1 rings (SSSR count). The van der Waals surface area contributed by atoms with E-state index in [1.54, 1.807) is 4.90 Å². The molecule has 1 fully saturated rings. The molecule has 1 amide bonds. The van der Waals surface area contributed by atoms with Crippen LogP contribution in [0.1, 0.15) is 53.4 Å². The van der Waals surface area contributed by atoms with Gasteiger partial charge in [-0.05, 0) is 53.1 Å². The van der Waals surface area contributed by atoms with E-state index in [1.807, 2.05) is 20.8 Å². The van der Waals surface area contributed by atoms with Gasteiger partial charge < -0.3 is 15.3 Å². The van der Waals surface area contributed by atoms with Crippen LogP contribution in [0.2, 0.25) is 0 Å².